The SMILES string of the molecule is CC(=O)O[C@H]1[C@H](C)[C@H](O)[C@H](C)[C@@H](O)[C@@H](C)/C=C/C=C(/C)C(=O)Nc2c3oc4cc(N5CCN(CC(C)C)CC5)cc(O)c4nc-3c3c4c(c(C)c(O)c3c2=O)O[C@](C)(O/C=C/[C@H](C)[C@H]1C)C4=O. The lowest BCUT2D eigenvalue weighted by molar-refractivity contribution is -0.158. The van der Waals surface area contributed by atoms with Crippen LogP contribution in [-0.4, -0.2) is 105 Å². The predicted molar refractivity (Wildman–Crippen MR) is 254 cm³/mol. The Morgan fingerprint density at radius 3 is 2.28 bits per heavy atom. The van der Waals surface area contributed by atoms with E-state index in [0.29, 0.717) is 24.7 Å². The number of aliphatic hydroxyl groups is 2. The number of Topliss-reactive ketones (excluding diaryl/α,β-unsaturated/α-hetero) is 1. The first-order valence-electron chi connectivity index (χ1n) is 23.1. The Bertz CT molecular complexity index is 2720. The van der Waals surface area contributed by atoms with Crippen LogP contribution in [0.3, 0.4) is 0 Å². The molecule has 0 aromatic heterocycles. The van der Waals surface area contributed by atoms with E-state index in [2.05, 4.69) is 29.0 Å². The molecule has 0 saturated carbocycles. The maximum atomic E-state index is 14.9. The van der Waals surface area contributed by atoms with Gasteiger partial charge in [-0.25, -0.2) is 4.98 Å². The van der Waals surface area contributed by atoms with Crippen LogP contribution < -0.4 is 20.4 Å². The first kappa shape index (κ1) is 48.9. The third-order valence-corrected chi connectivity index (χ3v) is 13.9. The fourth-order valence-corrected chi connectivity index (χ4v) is 9.63. The number of ketones is 1. The first-order valence-corrected chi connectivity index (χ1v) is 23.1. The van der Waals surface area contributed by atoms with Crippen molar-refractivity contribution in [3.8, 4) is 28.7 Å². The number of phenolic OH excluding ortho intramolecular Hbond substituents is 2. The Kier molecular flexibility index (Phi) is 13.9. The predicted octanol–water partition coefficient (Wildman–Crippen LogP) is 7.05. The number of amides is 1. The number of piperazine rings is 1. The van der Waals surface area contributed by atoms with Gasteiger partial charge in [-0.2, -0.15) is 0 Å². The number of carbonyl (C=O) groups is 3. The summed E-state index contributed by atoms with van der Waals surface area (Å²) in [7, 11) is 0. The fourth-order valence-electron chi connectivity index (χ4n) is 9.63. The highest BCUT2D eigenvalue weighted by Crippen LogP contribution is 2.51. The number of allylic oxidation sites excluding steroid dienone is 3. The van der Waals surface area contributed by atoms with Crippen LogP contribution in [-0.2, 0) is 19.1 Å². The van der Waals surface area contributed by atoms with Crippen LogP contribution in [0.15, 0.2) is 57.5 Å². The molecular weight excluding hydrogens is 861 g/mol. The molecule has 16 heteroatoms. The van der Waals surface area contributed by atoms with Gasteiger partial charge in [-0.1, -0.05) is 66.7 Å². The Hall–Kier alpha value is -5.97. The van der Waals surface area contributed by atoms with Crippen molar-refractivity contribution in [1.29, 1.82) is 0 Å². The van der Waals surface area contributed by atoms with Crippen molar-refractivity contribution in [2.75, 3.05) is 42.9 Å². The Balaban J connectivity index is 1.42. The average molecular weight is 925 g/mol. The number of fused-ring (bicyclic) bond motifs is 14. The number of nitrogens with one attached hydrogen (secondary N) is 1. The highest BCUT2D eigenvalue weighted by Gasteiger charge is 2.50. The maximum absolute atomic E-state index is 14.9. The van der Waals surface area contributed by atoms with E-state index >= 15 is 0 Å². The number of nitrogens with zero attached hydrogens (tertiary/aromatic N) is 3. The molecule has 1 aliphatic carbocycles. The summed E-state index contributed by atoms with van der Waals surface area (Å²) in [6.07, 6.45) is 4.81. The van der Waals surface area contributed by atoms with Gasteiger partial charge in [0.2, 0.25) is 5.43 Å². The van der Waals surface area contributed by atoms with Gasteiger partial charge in [-0.15, -0.1) is 0 Å². The van der Waals surface area contributed by atoms with Crippen LogP contribution in [0, 0.1) is 42.4 Å². The number of aliphatic hydroxyl groups excluding tert-OH is 2. The van der Waals surface area contributed by atoms with Gasteiger partial charge in [0.1, 0.15) is 40.3 Å². The number of esters is 1. The second-order valence-corrected chi connectivity index (χ2v) is 19.4. The summed E-state index contributed by atoms with van der Waals surface area (Å²) in [5, 5.41) is 48.7. The summed E-state index contributed by atoms with van der Waals surface area (Å²) in [5.74, 6) is -7.10. The number of benzene rings is 3. The minimum Gasteiger partial charge on any atom is -0.507 e. The number of aromatic nitrogens is 1. The standard InChI is InChI=1S/C51H64N4O12/c1-24(2)23-54-16-18-55(19-17-54)33-21-34(57)39-35(22-33)66-48-40(52-39)36-37-44(60)31(9)47-38(36)49(62)51(11,67-47)64-20-15-25(3)28(6)46(65-32(10)56)30(8)43(59)29(7)42(58)26(4)13-12-14-27(5)50(63)53-41(48)45(37)61/h12-15,20-22,24-26,28-30,42-43,46,57-60H,16-19,23H2,1-11H3,(H,53,63)/b13-12+,20-15+,27-14-/t25-,26-,28+,29+,30+,42-,43+,46+,51-/m0/s1. The maximum Gasteiger partial charge on any atom is 0.312 e. The van der Waals surface area contributed by atoms with Gasteiger partial charge in [0.25, 0.3) is 11.7 Å². The molecule has 67 heavy (non-hydrogen) atoms. The van der Waals surface area contributed by atoms with E-state index in [9.17, 15) is 39.6 Å². The van der Waals surface area contributed by atoms with Crippen molar-refractivity contribution >= 4 is 50.9 Å². The molecule has 360 valence electrons. The number of anilines is 2. The van der Waals surface area contributed by atoms with E-state index in [-0.39, 0.29) is 73.1 Å². The van der Waals surface area contributed by atoms with Crippen molar-refractivity contribution in [1.82, 2.24) is 9.88 Å². The number of aromatic hydroxyl groups is 2. The lowest BCUT2D eigenvalue weighted by atomic mass is 9.77. The molecule has 5 aliphatic heterocycles. The highest BCUT2D eigenvalue weighted by atomic mass is 16.7. The van der Waals surface area contributed by atoms with Crippen molar-refractivity contribution in [3.63, 3.8) is 0 Å². The van der Waals surface area contributed by atoms with Crippen molar-refractivity contribution in [2.45, 2.75) is 100 Å². The highest BCUT2D eigenvalue weighted by molar-refractivity contribution is 6.22. The Morgan fingerprint density at radius 2 is 1.63 bits per heavy atom. The lowest BCUT2D eigenvalue weighted by Crippen LogP contribution is -2.47. The van der Waals surface area contributed by atoms with Crippen LogP contribution in [0.25, 0.3) is 33.3 Å². The average Bonchev–Trinajstić information content (AvgIpc) is 3.54. The van der Waals surface area contributed by atoms with Crippen molar-refractivity contribution < 1.29 is 53.4 Å². The molecule has 1 fully saturated rings. The smallest absolute Gasteiger partial charge is 0.312 e. The van der Waals surface area contributed by atoms with E-state index in [1.807, 2.05) is 13.8 Å². The number of ether oxygens (including phenoxy) is 3. The molecule has 0 unspecified atom stereocenters. The van der Waals surface area contributed by atoms with Gasteiger partial charge in [0, 0.05) is 98.7 Å². The third-order valence-electron chi connectivity index (χ3n) is 13.9. The second-order valence-electron chi connectivity index (χ2n) is 19.4. The first-order chi connectivity index (χ1) is 31.5. The summed E-state index contributed by atoms with van der Waals surface area (Å²) >= 11 is 0. The number of hydrogen-bond acceptors (Lipinski definition) is 15. The van der Waals surface area contributed by atoms with Gasteiger partial charge in [0.05, 0.1) is 29.4 Å². The molecule has 0 radical (unpaired) electrons. The summed E-state index contributed by atoms with van der Waals surface area (Å²) in [4.78, 5) is 65.4. The zero-order chi connectivity index (χ0) is 49.0. The van der Waals surface area contributed by atoms with Gasteiger partial charge >= 0.3 is 11.8 Å². The van der Waals surface area contributed by atoms with Gasteiger partial charge in [-0.05, 0) is 37.7 Å². The molecule has 8 rings (SSSR count). The van der Waals surface area contributed by atoms with Crippen LogP contribution >= 0.6 is 0 Å². The summed E-state index contributed by atoms with van der Waals surface area (Å²) < 4.78 is 24.7. The van der Waals surface area contributed by atoms with Crippen LogP contribution in [0.2, 0.25) is 0 Å². The molecule has 5 bridgehead atoms. The number of phenols is 2. The Morgan fingerprint density at radius 1 is 0.940 bits per heavy atom. The van der Waals surface area contributed by atoms with Crippen LogP contribution in [0.1, 0.15) is 85.2 Å². The molecule has 5 N–H and O–H groups in total. The molecule has 6 aliphatic rings. The minimum absolute atomic E-state index is 0.00559. The zero-order valence-electron chi connectivity index (χ0n) is 40.2. The third kappa shape index (κ3) is 9.23. The molecular formula is C51H64N4O12. The van der Waals surface area contributed by atoms with Crippen molar-refractivity contribution in [3.05, 3.63) is 69.6 Å². The molecule has 9 atom stereocenters. The number of hydrogen-bond donors (Lipinski definition) is 5. The molecule has 1 saturated heterocycles. The molecule has 2 aromatic rings. The fraction of sp³-hybridized carbons (Fsp3) is 0.510. The Labute approximate surface area is 390 Å². The summed E-state index contributed by atoms with van der Waals surface area (Å²) in [6.45, 7) is 23.0. The van der Waals surface area contributed by atoms with Gasteiger partial charge in [0.15, 0.2) is 11.3 Å². The lowest BCUT2D eigenvalue weighted by Gasteiger charge is -2.37. The van der Waals surface area contributed by atoms with Gasteiger partial charge in [-0.3, -0.25) is 24.1 Å². The van der Waals surface area contributed by atoms with E-state index in [1.54, 1.807) is 51.1 Å². The molecule has 2 aromatic carbocycles. The summed E-state index contributed by atoms with van der Waals surface area (Å²) in [5.41, 5.74) is -0.507. The largest absolute Gasteiger partial charge is 0.507 e. The molecule has 5 heterocycles. The zero-order valence-corrected chi connectivity index (χ0v) is 40.2. The molecule has 16 nitrogen and oxygen atoms in total. The monoisotopic (exact) mass is 924 g/mol. The van der Waals surface area contributed by atoms with Crippen LogP contribution in [0.4, 0.5) is 11.4 Å². The summed E-state index contributed by atoms with van der Waals surface area (Å²) in [6, 6.07) is 3.30. The van der Waals surface area contributed by atoms with Gasteiger partial charge < -0.3 is 49.3 Å². The van der Waals surface area contributed by atoms with E-state index in [4.69, 9.17) is 23.6 Å². The number of rotatable bonds is 4. The minimum atomic E-state index is -2.02. The van der Waals surface area contributed by atoms with E-state index in [1.165, 1.54) is 40.0 Å². The van der Waals surface area contributed by atoms with E-state index < -0.39 is 76.6 Å². The normalized spacial score (nSPS) is 29.8. The number of carbonyl (C=O) groups excluding carboxylic acids is 3. The quantitative estimate of drug-likeness (QED) is 0.0786. The van der Waals surface area contributed by atoms with Crippen LogP contribution in [0.5, 0.6) is 17.2 Å². The van der Waals surface area contributed by atoms with E-state index in [0.717, 1.165) is 19.6 Å². The molecule has 1 amide bonds. The van der Waals surface area contributed by atoms with Crippen molar-refractivity contribution in [2.24, 2.45) is 35.5 Å². The molecule has 0 spiro atoms. The second kappa shape index (κ2) is 19.0. The topological polar surface area (TPSA) is 221 Å².